The van der Waals surface area contributed by atoms with E-state index in [0.29, 0.717) is 6.42 Å². The maximum Gasteiger partial charge on any atom is 0.326 e. The Balaban J connectivity index is 1.99. The largest absolute Gasteiger partial charge is 0.488 e. The van der Waals surface area contributed by atoms with Crippen LogP contribution in [0.2, 0.25) is 0 Å². The van der Waals surface area contributed by atoms with E-state index >= 15 is 0 Å². The zero-order valence-corrected chi connectivity index (χ0v) is 15.9. The summed E-state index contributed by atoms with van der Waals surface area (Å²) in [6, 6.07) is 16.5. The first-order valence-electron chi connectivity index (χ1n) is 9.22. The first kappa shape index (κ1) is 19.8. The van der Waals surface area contributed by atoms with Gasteiger partial charge >= 0.3 is 5.97 Å². The van der Waals surface area contributed by atoms with Crippen LogP contribution in [0.1, 0.15) is 45.6 Å². The smallest absolute Gasteiger partial charge is 0.326 e. The van der Waals surface area contributed by atoms with Crippen LogP contribution in [0.25, 0.3) is 0 Å². The zero-order chi connectivity index (χ0) is 19.0. The number of carbonyl (C=O) groups is 1. The van der Waals surface area contributed by atoms with Gasteiger partial charge in [0.25, 0.3) is 0 Å². The summed E-state index contributed by atoms with van der Waals surface area (Å²) in [4.78, 5) is 11.6. The Morgan fingerprint density at radius 3 is 2.35 bits per heavy atom. The van der Waals surface area contributed by atoms with E-state index in [1.165, 1.54) is 0 Å². The van der Waals surface area contributed by atoms with Gasteiger partial charge in [-0.3, -0.25) is 0 Å². The van der Waals surface area contributed by atoms with Crippen molar-refractivity contribution < 1.29 is 14.6 Å². The van der Waals surface area contributed by atoms with E-state index in [1.807, 2.05) is 54.6 Å². The van der Waals surface area contributed by atoms with Crippen LogP contribution in [0, 0.1) is 0 Å². The number of hydrogen-bond donors (Lipinski definition) is 2. The number of carboxylic acid groups (broad SMARTS) is 1. The topological polar surface area (TPSA) is 58.6 Å². The minimum atomic E-state index is -0.866. The van der Waals surface area contributed by atoms with Crippen molar-refractivity contribution in [3.05, 3.63) is 60.2 Å². The normalized spacial score (nSPS) is 12.4. The van der Waals surface area contributed by atoms with Crippen LogP contribution in [-0.2, 0) is 11.2 Å². The number of rotatable bonds is 10. The molecule has 0 aliphatic heterocycles. The molecule has 0 aliphatic carbocycles. The van der Waals surface area contributed by atoms with E-state index in [2.05, 4.69) is 26.1 Å². The van der Waals surface area contributed by atoms with Crippen molar-refractivity contribution in [1.29, 1.82) is 0 Å². The van der Waals surface area contributed by atoms with Crippen LogP contribution in [0.15, 0.2) is 54.6 Å². The van der Waals surface area contributed by atoms with Crippen LogP contribution in [-0.4, -0.2) is 22.7 Å². The second kappa shape index (κ2) is 9.27. The molecule has 2 aromatic rings. The van der Waals surface area contributed by atoms with Gasteiger partial charge in [-0.1, -0.05) is 43.7 Å². The molecule has 4 heteroatoms. The SMILES string of the molecule is CCCCC(C)(C)Oc1ccc(N[C@@H](Cc2ccccc2)C(=O)O)cc1. The van der Waals surface area contributed by atoms with Gasteiger partial charge in [-0.05, 0) is 56.5 Å². The van der Waals surface area contributed by atoms with Gasteiger partial charge in [0.15, 0.2) is 0 Å². The van der Waals surface area contributed by atoms with Gasteiger partial charge in [-0.2, -0.15) is 0 Å². The molecule has 0 saturated carbocycles. The van der Waals surface area contributed by atoms with E-state index < -0.39 is 12.0 Å². The van der Waals surface area contributed by atoms with Gasteiger partial charge < -0.3 is 15.2 Å². The highest BCUT2D eigenvalue weighted by molar-refractivity contribution is 5.77. The molecule has 1 atom stereocenters. The Bertz CT molecular complexity index is 680. The maximum absolute atomic E-state index is 11.6. The summed E-state index contributed by atoms with van der Waals surface area (Å²) in [6.45, 7) is 6.36. The van der Waals surface area contributed by atoms with Gasteiger partial charge in [-0.15, -0.1) is 0 Å². The average molecular weight is 355 g/mol. The predicted octanol–water partition coefficient (Wildman–Crippen LogP) is 5.14. The Hall–Kier alpha value is -2.49. The summed E-state index contributed by atoms with van der Waals surface area (Å²) in [5.74, 6) is -0.0681. The zero-order valence-electron chi connectivity index (χ0n) is 15.9. The number of aliphatic carboxylic acids is 1. The van der Waals surface area contributed by atoms with E-state index in [1.54, 1.807) is 0 Å². The fourth-order valence-electron chi connectivity index (χ4n) is 2.84. The van der Waals surface area contributed by atoms with Crippen LogP contribution in [0.4, 0.5) is 5.69 Å². The second-order valence-electron chi connectivity index (χ2n) is 7.21. The standard InChI is InChI=1S/C22H29NO3/c1-4-5-15-22(2,3)26-19-13-11-18(12-14-19)23-20(21(24)25)16-17-9-7-6-8-10-17/h6-14,20,23H,4-5,15-16H2,1-3H3,(H,24,25)/t20-/m0/s1. The molecule has 0 heterocycles. The molecule has 0 bridgehead atoms. The summed E-state index contributed by atoms with van der Waals surface area (Å²) in [6.07, 6.45) is 3.71. The molecule has 0 saturated heterocycles. The number of hydrogen-bond acceptors (Lipinski definition) is 3. The summed E-state index contributed by atoms with van der Waals surface area (Å²) in [5.41, 5.74) is 1.55. The lowest BCUT2D eigenvalue weighted by molar-refractivity contribution is -0.137. The highest BCUT2D eigenvalue weighted by Crippen LogP contribution is 2.24. The first-order chi connectivity index (χ1) is 12.4. The molecule has 2 aromatic carbocycles. The molecule has 140 valence electrons. The number of nitrogens with one attached hydrogen (secondary N) is 1. The Morgan fingerprint density at radius 2 is 1.77 bits per heavy atom. The summed E-state index contributed by atoms with van der Waals surface area (Å²) in [5, 5.41) is 12.6. The summed E-state index contributed by atoms with van der Waals surface area (Å²) < 4.78 is 6.06. The van der Waals surface area contributed by atoms with E-state index in [0.717, 1.165) is 36.3 Å². The predicted molar refractivity (Wildman–Crippen MR) is 106 cm³/mol. The van der Waals surface area contributed by atoms with Crippen LogP contribution < -0.4 is 10.1 Å². The molecule has 2 rings (SSSR count). The van der Waals surface area contributed by atoms with Crippen molar-refractivity contribution >= 4 is 11.7 Å². The maximum atomic E-state index is 11.6. The molecule has 0 fully saturated rings. The monoisotopic (exact) mass is 355 g/mol. The molecule has 0 aromatic heterocycles. The fourth-order valence-corrected chi connectivity index (χ4v) is 2.84. The molecule has 0 amide bonds. The third-order valence-corrected chi connectivity index (χ3v) is 4.30. The van der Waals surface area contributed by atoms with Crippen molar-refractivity contribution in [3.8, 4) is 5.75 Å². The van der Waals surface area contributed by atoms with E-state index in [4.69, 9.17) is 4.74 Å². The summed E-state index contributed by atoms with van der Waals surface area (Å²) in [7, 11) is 0. The Morgan fingerprint density at radius 1 is 1.12 bits per heavy atom. The molecule has 0 spiro atoms. The van der Waals surface area contributed by atoms with Crippen LogP contribution in [0.5, 0.6) is 5.75 Å². The first-order valence-corrected chi connectivity index (χ1v) is 9.22. The molecule has 4 nitrogen and oxygen atoms in total. The van der Waals surface area contributed by atoms with Crippen molar-refractivity contribution in [2.45, 2.75) is 58.1 Å². The second-order valence-corrected chi connectivity index (χ2v) is 7.21. The number of carboxylic acids is 1. The van der Waals surface area contributed by atoms with Crippen LogP contribution in [0.3, 0.4) is 0 Å². The molecule has 0 aliphatic rings. The molecular formula is C22H29NO3. The molecule has 0 radical (unpaired) electrons. The quantitative estimate of drug-likeness (QED) is 0.619. The number of unbranched alkanes of at least 4 members (excludes halogenated alkanes) is 1. The molecule has 26 heavy (non-hydrogen) atoms. The fraction of sp³-hybridized carbons (Fsp3) is 0.409. The Labute approximate surface area is 156 Å². The highest BCUT2D eigenvalue weighted by Gasteiger charge is 2.20. The van der Waals surface area contributed by atoms with Gasteiger partial charge in [0.2, 0.25) is 0 Å². The lowest BCUT2D eigenvalue weighted by Gasteiger charge is -2.26. The van der Waals surface area contributed by atoms with Crippen molar-refractivity contribution in [2.75, 3.05) is 5.32 Å². The molecular weight excluding hydrogens is 326 g/mol. The number of benzene rings is 2. The third kappa shape index (κ3) is 6.43. The van der Waals surface area contributed by atoms with Gasteiger partial charge in [0, 0.05) is 12.1 Å². The Kier molecular flexibility index (Phi) is 7.07. The van der Waals surface area contributed by atoms with E-state index in [9.17, 15) is 9.90 Å². The van der Waals surface area contributed by atoms with Gasteiger partial charge in [0.1, 0.15) is 17.4 Å². The van der Waals surface area contributed by atoms with Gasteiger partial charge in [-0.25, -0.2) is 4.79 Å². The van der Waals surface area contributed by atoms with Crippen molar-refractivity contribution in [2.24, 2.45) is 0 Å². The number of ether oxygens (including phenoxy) is 1. The highest BCUT2D eigenvalue weighted by atomic mass is 16.5. The van der Waals surface area contributed by atoms with Crippen molar-refractivity contribution in [3.63, 3.8) is 0 Å². The lowest BCUT2D eigenvalue weighted by atomic mass is 10.0. The minimum Gasteiger partial charge on any atom is -0.488 e. The minimum absolute atomic E-state index is 0.206. The van der Waals surface area contributed by atoms with Gasteiger partial charge in [0.05, 0.1) is 0 Å². The molecule has 0 unspecified atom stereocenters. The van der Waals surface area contributed by atoms with Crippen molar-refractivity contribution in [1.82, 2.24) is 0 Å². The molecule has 2 N–H and O–H groups in total. The van der Waals surface area contributed by atoms with E-state index in [-0.39, 0.29) is 5.60 Å². The third-order valence-electron chi connectivity index (χ3n) is 4.30. The number of anilines is 1. The van der Waals surface area contributed by atoms with Crippen LogP contribution >= 0.6 is 0 Å². The summed E-state index contributed by atoms with van der Waals surface area (Å²) >= 11 is 0. The lowest BCUT2D eigenvalue weighted by Crippen LogP contribution is -2.31. The average Bonchev–Trinajstić information content (AvgIpc) is 2.61.